The summed E-state index contributed by atoms with van der Waals surface area (Å²) in [5.41, 5.74) is 13.7. The molecule has 1 aliphatic rings. The van der Waals surface area contributed by atoms with Crippen LogP contribution in [0.1, 0.15) is 22.3 Å². The minimum Gasteiger partial charge on any atom is -0.455 e. The first-order chi connectivity index (χ1) is 27.8. The van der Waals surface area contributed by atoms with Crippen LogP contribution in [0.15, 0.2) is 211 Å². The summed E-state index contributed by atoms with van der Waals surface area (Å²) in [6.07, 6.45) is 0. The second-order valence-corrected chi connectivity index (χ2v) is 15.1. The summed E-state index contributed by atoms with van der Waals surface area (Å²) in [6, 6.07) is 76.0. The quantitative estimate of drug-likeness (QED) is 0.177. The largest absolute Gasteiger partial charge is 0.455 e. The lowest BCUT2D eigenvalue weighted by atomic mass is 9.66. The van der Waals surface area contributed by atoms with Gasteiger partial charge in [-0.1, -0.05) is 176 Å². The molecule has 1 aromatic heterocycles. The summed E-state index contributed by atoms with van der Waals surface area (Å²) in [5, 5.41) is 9.60. The Balaban J connectivity index is 1.22. The van der Waals surface area contributed by atoms with Gasteiger partial charge < -0.3 is 4.42 Å². The molecule has 0 bridgehead atoms. The van der Waals surface area contributed by atoms with Crippen LogP contribution in [-0.4, -0.2) is 0 Å². The first kappa shape index (κ1) is 31.2. The van der Waals surface area contributed by atoms with Gasteiger partial charge in [-0.05, 0) is 113 Å². The van der Waals surface area contributed by atoms with Crippen LogP contribution in [-0.2, 0) is 5.41 Å². The van der Waals surface area contributed by atoms with Crippen LogP contribution in [0.5, 0.6) is 0 Å². The van der Waals surface area contributed by atoms with Gasteiger partial charge in [0.15, 0.2) is 0 Å². The van der Waals surface area contributed by atoms with Crippen molar-refractivity contribution in [3.8, 4) is 33.4 Å². The molecule has 12 rings (SSSR count). The fraction of sp³-hybridized carbons (Fsp3) is 0.0182. The van der Waals surface area contributed by atoms with Gasteiger partial charge in [0, 0.05) is 16.2 Å². The second kappa shape index (κ2) is 11.9. The third-order valence-electron chi connectivity index (χ3n) is 12.3. The Morgan fingerprint density at radius 3 is 1.77 bits per heavy atom. The molecule has 1 nitrogen and oxygen atoms in total. The van der Waals surface area contributed by atoms with Crippen LogP contribution in [0.2, 0.25) is 0 Å². The molecule has 0 aliphatic heterocycles. The molecule has 0 unspecified atom stereocenters. The first-order valence-electron chi connectivity index (χ1n) is 19.4. The number of furan rings is 1. The highest BCUT2D eigenvalue weighted by atomic mass is 16.3. The van der Waals surface area contributed by atoms with E-state index >= 15 is 0 Å². The van der Waals surface area contributed by atoms with Crippen LogP contribution >= 0.6 is 0 Å². The minimum absolute atomic E-state index is 0.599. The Morgan fingerprint density at radius 2 is 0.982 bits per heavy atom. The van der Waals surface area contributed by atoms with Gasteiger partial charge in [-0.15, -0.1) is 0 Å². The van der Waals surface area contributed by atoms with E-state index < -0.39 is 5.41 Å². The molecular weight excluding hydrogens is 677 g/mol. The fourth-order valence-electron chi connectivity index (χ4n) is 9.91. The summed E-state index contributed by atoms with van der Waals surface area (Å²) in [6.45, 7) is 0. The van der Waals surface area contributed by atoms with Crippen molar-refractivity contribution < 1.29 is 4.42 Å². The average Bonchev–Trinajstić information content (AvgIpc) is 3.81. The molecule has 0 N–H and O–H groups in total. The predicted octanol–water partition coefficient (Wildman–Crippen LogP) is 14.7. The molecule has 0 saturated heterocycles. The smallest absolute Gasteiger partial charge is 0.143 e. The van der Waals surface area contributed by atoms with Crippen molar-refractivity contribution in [2.75, 3.05) is 0 Å². The summed E-state index contributed by atoms with van der Waals surface area (Å²) in [7, 11) is 0. The highest BCUT2D eigenvalue weighted by Gasteiger charge is 2.48. The lowest BCUT2D eigenvalue weighted by Crippen LogP contribution is -2.29. The van der Waals surface area contributed by atoms with E-state index in [1.165, 1.54) is 82.6 Å². The molecule has 0 atom stereocenters. The van der Waals surface area contributed by atoms with Gasteiger partial charge in [-0.25, -0.2) is 0 Å². The lowest BCUT2D eigenvalue weighted by Gasteiger charge is -2.35. The molecule has 1 heteroatoms. The van der Waals surface area contributed by atoms with Gasteiger partial charge in [0.05, 0.1) is 5.41 Å². The van der Waals surface area contributed by atoms with Crippen LogP contribution in [0.25, 0.3) is 87.6 Å². The van der Waals surface area contributed by atoms with Crippen molar-refractivity contribution in [3.05, 3.63) is 229 Å². The Kier molecular flexibility index (Phi) is 6.62. The zero-order valence-corrected chi connectivity index (χ0v) is 30.5. The molecule has 0 radical (unpaired) electrons. The van der Waals surface area contributed by atoms with E-state index in [0.29, 0.717) is 0 Å². The SMILES string of the molecule is c1ccc(C2(c3ccccc3)c3cc(-c4cccc5oc6c7ccccc7ccc6c45)ccc3-c3c(-c4ccc5ccccc5c4)cc4ccccc4c32)cc1. The summed E-state index contributed by atoms with van der Waals surface area (Å²) in [5.74, 6) is 0. The molecule has 0 fully saturated rings. The van der Waals surface area contributed by atoms with Crippen LogP contribution in [0.4, 0.5) is 0 Å². The van der Waals surface area contributed by atoms with Gasteiger partial charge in [0.25, 0.3) is 0 Å². The van der Waals surface area contributed by atoms with E-state index in [1.807, 2.05) is 0 Å². The number of rotatable bonds is 4. The van der Waals surface area contributed by atoms with E-state index in [9.17, 15) is 0 Å². The third-order valence-corrected chi connectivity index (χ3v) is 12.3. The zero-order chi connectivity index (χ0) is 36.8. The summed E-state index contributed by atoms with van der Waals surface area (Å²) in [4.78, 5) is 0. The van der Waals surface area contributed by atoms with Gasteiger partial charge in [0.2, 0.25) is 0 Å². The molecule has 11 aromatic rings. The topological polar surface area (TPSA) is 13.1 Å². The van der Waals surface area contributed by atoms with Crippen molar-refractivity contribution in [1.29, 1.82) is 0 Å². The maximum absolute atomic E-state index is 6.69. The zero-order valence-electron chi connectivity index (χ0n) is 30.5. The van der Waals surface area contributed by atoms with Crippen LogP contribution in [0.3, 0.4) is 0 Å². The fourth-order valence-corrected chi connectivity index (χ4v) is 9.91. The maximum atomic E-state index is 6.69. The van der Waals surface area contributed by atoms with E-state index in [0.717, 1.165) is 27.3 Å². The molecule has 1 aliphatic carbocycles. The van der Waals surface area contributed by atoms with Crippen molar-refractivity contribution in [2.24, 2.45) is 0 Å². The van der Waals surface area contributed by atoms with Gasteiger partial charge in [0.1, 0.15) is 11.2 Å². The molecule has 0 amide bonds. The van der Waals surface area contributed by atoms with Crippen molar-refractivity contribution in [1.82, 2.24) is 0 Å². The summed E-state index contributed by atoms with van der Waals surface area (Å²) < 4.78 is 6.69. The molecule has 260 valence electrons. The van der Waals surface area contributed by atoms with Crippen molar-refractivity contribution in [2.45, 2.75) is 5.41 Å². The van der Waals surface area contributed by atoms with Crippen LogP contribution in [0, 0.1) is 0 Å². The highest BCUT2D eigenvalue weighted by molar-refractivity contribution is 6.19. The Bertz CT molecular complexity index is 3310. The van der Waals surface area contributed by atoms with Crippen molar-refractivity contribution in [3.63, 3.8) is 0 Å². The molecule has 0 spiro atoms. The van der Waals surface area contributed by atoms with Crippen LogP contribution < -0.4 is 0 Å². The van der Waals surface area contributed by atoms with E-state index in [2.05, 4.69) is 206 Å². The van der Waals surface area contributed by atoms with Crippen molar-refractivity contribution >= 4 is 54.3 Å². The predicted molar refractivity (Wildman–Crippen MR) is 234 cm³/mol. The van der Waals surface area contributed by atoms with Gasteiger partial charge in [-0.3, -0.25) is 0 Å². The molecule has 10 aromatic carbocycles. The molecular formula is C55H34O. The van der Waals surface area contributed by atoms with E-state index in [-0.39, 0.29) is 0 Å². The standard InChI is InChI=1S/C55H34O/c1-3-18-41(19-4-1)55(42-20-5-2-6-21-42)49-34-40(43-24-13-25-50-51(43)47-31-28-36-15-9-12-23-45(36)54(47)56-50)29-30-46(49)52-48(33-38-17-10-11-22-44(38)53(52)55)39-27-26-35-14-7-8-16-37(35)32-39/h1-34H. The van der Waals surface area contributed by atoms with Gasteiger partial charge >= 0.3 is 0 Å². The number of hydrogen-bond donors (Lipinski definition) is 0. The normalized spacial score (nSPS) is 13.1. The monoisotopic (exact) mass is 710 g/mol. The number of benzene rings is 10. The average molecular weight is 711 g/mol. The van der Waals surface area contributed by atoms with Gasteiger partial charge in [-0.2, -0.15) is 0 Å². The summed E-state index contributed by atoms with van der Waals surface area (Å²) >= 11 is 0. The first-order valence-corrected chi connectivity index (χ1v) is 19.4. The molecule has 56 heavy (non-hydrogen) atoms. The van der Waals surface area contributed by atoms with E-state index in [1.54, 1.807) is 0 Å². The second-order valence-electron chi connectivity index (χ2n) is 15.1. The molecule has 0 saturated carbocycles. The maximum Gasteiger partial charge on any atom is 0.143 e. The molecule has 1 heterocycles. The number of hydrogen-bond acceptors (Lipinski definition) is 1. The van der Waals surface area contributed by atoms with E-state index in [4.69, 9.17) is 4.42 Å². The minimum atomic E-state index is -0.599. The number of fused-ring (bicyclic) bond motifs is 11. The third kappa shape index (κ3) is 4.31. The Hall–Kier alpha value is -7.22. The Morgan fingerprint density at radius 1 is 0.357 bits per heavy atom. The highest BCUT2D eigenvalue weighted by Crippen LogP contribution is 2.61. The Labute approximate surface area is 324 Å². The lowest BCUT2D eigenvalue weighted by molar-refractivity contribution is 0.673.